The summed E-state index contributed by atoms with van der Waals surface area (Å²) in [5.41, 5.74) is 0. The predicted molar refractivity (Wildman–Crippen MR) is 39.3 cm³/mol. The highest BCUT2D eigenvalue weighted by molar-refractivity contribution is 6.04. The Morgan fingerprint density at radius 3 is 2.75 bits per heavy atom. The predicted octanol–water partition coefficient (Wildman–Crippen LogP) is -0.986. The third-order valence-electron chi connectivity index (χ3n) is 2.43. The number of rotatable bonds is 0. The van der Waals surface area contributed by atoms with Crippen LogP contribution in [0, 0.1) is 0 Å². The van der Waals surface area contributed by atoms with E-state index in [1.807, 2.05) is 0 Å². The molecule has 2 atom stereocenters. The number of likely N-dealkylation sites (N-methyl/N-ethyl adjacent to an activating group) is 1. The van der Waals surface area contributed by atoms with E-state index in [-0.39, 0.29) is 11.9 Å². The monoisotopic (exact) mass is 170 g/mol. The van der Waals surface area contributed by atoms with E-state index in [4.69, 9.17) is 0 Å². The molecule has 5 nitrogen and oxygen atoms in total. The van der Waals surface area contributed by atoms with Gasteiger partial charge in [-0.25, -0.2) is 4.79 Å². The van der Waals surface area contributed by atoms with Gasteiger partial charge in [-0.3, -0.25) is 9.69 Å². The van der Waals surface area contributed by atoms with Crippen molar-refractivity contribution in [3.63, 3.8) is 0 Å². The van der Waals surface area contributed by atoms with Gasteiger partial charge < -0.3 is 10.0 Å². The summed E-state index contributed by atoms with van der Waals surface area (Å²) in [6, 6.07) is -0.695. The minimum Gasteiger partial charge on any atom is -0.391 e. The highest BCUT2D eigenvalue weighted by Crippen LogP contribution is 2.26. The maximum Gasteiger partial charge on any atom is 0.327 e. The van der Waals surface area contributed by atoms with Crippen molar-refractivity contribution in [2.45, 2.75) is 18.6 Å². The lowest BCUT2D eigenvalue weighted by molar-refractivity contribution is -0.127. The molecule has 2 aliphatic heterocycles. The molecule has 0 aromatic heterocycles. The molecular weight excluding hydrogens is 160 g/mol. The minimum atomic E-state index is -0.531. The SMILES string of the molecule is CN1C(=O)[C@@H]2C[C@H](O)CN2C1=O. The molecule has 0 aromatic rings. The number of carbonyl (C=O) groups is 2. The van der Waals surface area contributed by atoms with Gasteiger partial charge in [-0.15, -0.1) is 0 Å². The number of amides is 3. The second-order valence-corrected chi connectivity index (χ2v) is 3.24. The van der Waals surface area contributed by atoms with Crippen LogP contribution >= 0.6 is 0 Å². The average molecular weight is 170 g/mol. The summed E-state index contributed by atoms with van der Waals surface area (Å²) in [6.45, 7) is 0.291. The number of fused-ring (bicyclic) bond motifs is 1. The van der Waals surface area contributed by atoms with E-state index in [0.29, 0.717) is 13.0 Å². The van der Waals surface area contributed by atoms with Crippen molar-refractivity contribution in [3.8, 4) is 0 Å². The molecule has 0 aromatic carbocycles. The molecule has 0 radical (unpaired) electrons. The van der Waals surface area contributed by atoms with Gasteiger partial charge in [0.25, 0.3) is 5.91 Å². The zero-order chi connectivity index (χ0) is 8.88. The lowest BCUT2D eigenvalue weighted by Crippen LogP contribution is -2.31. The summed E-state index contributed by atoms with van der Waals surface area (Å²) in [5, 5.41) is 9.19. The fraction of sp³-hybridized carbons (Fsp3) is 0.714. The average Bonchev–Trinajstić information content (AvgIpc) is 2.49. The summed E-state index contributed by atoms with van der Waals surface area (Å²) in [4.78, 5) is 25.1. The van der Waals surface area contributed by atoms with Crippen LogP contribution in [0.5, 0.6) is 0 Å². The van der Waals surface area contributed by atoms with Crippen LogP contribution in [-0.2, 0) is 4.79 Å². The van der Waals surface area contributed by atoms with Crippen LogP contribution in [0.15, 0.2) is 0 Å². The van der Waals surface area contributed by atoms with Crippen molar-refractivity contribution in [2.75, 3.05) is 13.6 Å². The molecule has 0 unspecified atom stereocenters. The molecule has 0 spiro atoms. The van der Waals surface area contributed by atoms with Crippen molar-refractivity contribution in [3.05, 3.63) is 0 Å². The maximum absolute atomic E-state index is 11.3. The molecule has 66 valence electrons. The Hall–Kier alpha value is -1.10. The van der Waals surface area contributed by atoms with Gasteiger partial charge >= 0.3 is 6.03 Å². The second-order valence-electron chi connectivity index (χ2n) is 3.24. The van der Waals surface area contributed by atoms with E-state index in [2.05, 4.69) is 0 Å². The fourth-order valence-corrected chi connectivity index (χ4v) is 1.77. The van der Waals surface area contributed by atoms with E-state index in [9.17, 15) is 14.7 Å². The topological polar surface area (TPSA) is 60.9 Å². The normalized spacial score (nSPS) is 34.8. The highest BCUT2D eigenvalue weighted by atomic mass is 16.3. The Morgan fingerprint density at radius 2 is 2.17 bits per heavy atom. The largest absolute Gasteiger partial charge is 0.391 e. The van der Waals surface area contributed by atoms with Gasteiger partial charge in [0.05, 0.1) is 6.10 Å². The number of carbonyl (C=O) groups excluding carboxylic acids is 2. The standard InChI is InChI=1S/C7H10N2O3/c1-8-6(11)5-2-4(10)3-9(5)7(8)12/h4-5,10H,2-3H2,1H3/t4-,5-/m0/s1. The number of imide groups is 1. The van der Waals surface area contributed by atoms with E-state index in [1.165, 1.54) is 11.9 Å². The van der Waals surface area contributed by atoms with Crippen LogP contribution in [0.4, 0.5) is 4.79 Å². The third kappa shape index (κ3) is 0.768. The lowest BCUT2D eigenvalue weighted by atomic mass is 10.2. The van der Waals surface area contributed by atoms with Gasteiger partial charge in [0.15, 0.2) is 0 Å². The first-order chi connectivity index (χ1) is 5.61. The number of hydrogen-bond donors (Lipinski definition) is 1. The van der Waals surface area contributed by atoms with Crippen molar-refractivity contribution in [1.29, 1.82) is 0 Å². The third-order valence-corrected chi connectivity index (χ3v) is 2.43. The molecule has 2 saturated heterocycles. The maximum atomic E-state index is 11.3. The van der Waals surface area contributed by atoms with E-state index in [0.717, 1.165) is 4.90 Å². The van der Waals surface area contributed by atoms with Gasteiger partial charge in [0, 0.05) is 20.0 Å². The van der Waals surface area contributed by atoms with E-state index < -0.39 is 12.1 Å². The summed E-state index contributed by atoms with van der Waals surface area (Å²) >= 11 is 0. The molecule has 0 saturated carbocycles. The summed E-state index contributed by atoms with van der Waals surface area (Å²) in [7, 11) is 1.47. The Balaban J connectivity index is 2.27. The summed E-state index contributed by atoms with van der Waals surface area (Å²) < 4.78 is 0. The Bertz CT molecular complexity index is 229. The number of urea groups is 1. The summed E-state index contributed by atoms with van der Waals surface area (Å²) in [5.74, 6) is -0.198. The first-order valence-corrected chi connectivity index (χ1v) is 3.87. The molecule has 2 aliphatic rings. The Kier molecular flexibility index (Phi) is 1.38. The van der Waals surface area contributed by atoms with Gasteiger partial charge in [0.2, 0.25) is 0 Å². The van der Waals surface area contributed by atoms with Gasteiger partial charge in [0.1, 0.15) is 6.04 Å². The van der Waals surface area contributed by atoms with Gasteiger partial charge in [-0.1, -0.05) is 0 Å². The molecular formula is C7H10N2O3. The van der Waals surface area contributed by atoms with Gasteiger partial charge in [-0.2, -0.15) is 0 Å². The van der Waals surface area contributed by atoms with Crippen LogP contribution in [0.3, 0.4) is 0 Å². The molecule has 12 heavy (non-hydrogen) atoms. The number of aliphatic hydroxyl groups is 1. The lowest BCUT2D eigenvalue weighted by Gasteiger charge is -2.11. The summed E-state index contributed by atoms with van der Waals surface area (Å²) in [6.07, 6.45) is -0.147. The minimum absolute atomic E-state index is 0.198. The zero-order valence-electron chi connectivity index (χ0n) is 6.73. The van der Waals surface area contributed by atoms with Crippen molar-refractivity contribution in [2.24, 2.45) is 0 Å². The quantitative estimate of drug-likeness (QED) is 0.475. The van der Waals surface area contributed by atoms with Crippen LogP contribution in [-0.4, -0.2) is 52.6 Å². The number of hydrogen-bond acceptors (Lipinski definition) is 3. The molecule has 2 rings (SSSR count). The zero-order valence-corrected chi connectivity index (χ0v) is 6.73. The van der Waals surface area contributed by atoms with Gasteiger partial charge in [-0.05, 0) is 0 Å². The molecule has 0 aliphatic carbocycles. The van der Waals surface area contributed by atoms with Crippen LogP contribution in [0.1, 0.15) is 6.42 Å². The Labute approximate surface area is 69.6 Å². The van der Waals surface area contributed by atoms with Crippen molar-refractivity contribution < 1.29 is 14.7 Å². The van der Waals surface area contributed by atoms with E-state index in [1.54, 1.807) is 0 Å². The van der Waals surface area contributed by atoms with Crippen molar-refractivity contribution in [1.82, 2.24) is 9.80 Å². The van der Waals surface area contributed by atoms with Crippen molar-refractivity contribution >= 4 is 11.9 Å². The molecule has 3 amide bonds. The van der Waals surface area contributed by atoms with Crippen LogP contribution in [0.25, 0.3) is 0 Å². The fourth-order valence-electron chi connectivity index (χ4n) is 1.77. The molecule has 0 bridgehead atoms. The molecule has 1 N–H and O–H groups in total. The molecule has 2 heterocycles. The first kappa shape index (κ1) is 7.54. The van der Waals surface area contributed by atoms with E-state index >= 15 is 0 Å². The van der Waals surface area contributed by atoms with Crippen LogP contribution in [0.2, 0.25) is 0 Å². The molecule has 2 fully saturated rings. The number of aliphatic hydroxyl groups excluding tert-OH is 1. The Morgan fingerprint density at radius 1 is 1.50 bits per heavy atom. The number of nitrogens with zero attached hydrogens (tertiary/aromatic N) is 2. The first-order valence-electron chi connectivity index (χ1n) is 3.87. The molecule has 5 heteroatoms. The van der Waals surface area contributed by atoms with Crippen LogP contribution < -0.4 is 0 Å². The smallest absolute Gasteiger partial charge is 0.327 e. The highest BCUT2D eigenvalue weighted by Gasteiger charge is 2.48. The second kappa shape index (κ2) is 2.20.